The van der Waals surface area contributed by atoms with Crippen LogP contribution < -0.4 is 5.32 Å². The van der Waals surface area contributed by atoms with Crippen molar-refractivity contribution in [2.24, 2.45) is 0 Å². The Morgan fingerprint density at radius 3 is 2.34 bits per heavy atom. The first-order valence-electron chi connectivity index (χ1n) is 10.4. The van der Waals surface area contributed by atoms with Crippen LogP contribution in [0.1, 0.15) is 50.7 Å². The molecule has 1 N–H and O–H groups in total. The van der Waals surface area contributed by atoms with Crippen LogP contribution in [0.2, 0.25) is 5.02 Å². The molecular formula is C24H31ClN2O2. The first kappa shape index (κ1) is 23.0. The average Bonchev–Trinajstić information content (AvgIpc) is 2.74. The minimum atomic E-state index is -0.532. The van der Waals surface area contributed by atoms with E-state index in [0.717, 1.165) is 30.4 Å². The maximum atomic E-state index is 13.0. The van der Waals surface area contributed by atoms with Gasteiger partial charge in [0.05, 0.1) is 0 Å². The lowest BCUT2D eigenvalue weighted by molar-refractivity contribution is -0.140. The van der Waals surface area contributed by atoms with Crippen molar-refractivity contribution in [1.82, 2.24) is 10.2 Å². The van der Waals surface area contributed by atoms with E-state index in [9.17, 15) is 9.59 Å². The lowest BCUT2D eigenvalue weighted by Crippen LogP contribution is -2.47. The number of carbonyl (C=O) groups is 2. The Kier molecular flexibility index (Phi) is 9.72. The fraction of sp³-hybridized carbons (Fsp3) is 0.417. The second-order valence-electron chi connectivity index (χ2n) is 7.31. The van der Waals surface area contributed by atoms with E-state index in [1.807, 2.05) is 42.5 Å². The van der Waals surface area contributed by atoms with Crippen LogP contribution in [-0.2, 0) is 22.6 Å². The molecule has 0 unspecified atom stereocenters. The average molecular weight is 415 g/mol. The van der Waals surface area contributed by atoms with Gasteiger partial charge in [-0.15, -0.1) is 0 Å². The number of unbranched alkanes of at least 4 members (excludes halogenated alkanes) is 2. The van der Waals surface area contributed by atoms with Gasteiger partial charge in [-0.1, -0.05) is 73.8 Å². The number of aryl methyl sites for hydroxylation is 1. The van der Waals surface area contributed by atoms with E-state index in [4.69, 9.17) is 11.6 Å². The van der Waals surface area contributed by atoms with Crippen molar-refractivity contribution in [2.75, 3.05) is 6.54 Å². The van der Waals surface area contributed by atoms with Gasteiger partial charge in [0.2, 0.25) is 11.8 Å². The fourth-order valence-corrected chi connectivity index (χ4v) is 3.27. The molecule has 29 heavy (non-hydrogen) atoms. The molecule has 2 aromatic rings. The number of hydrogen-bond donors (Lipinski definition) is 1. The number of rotatable bonds is 11. The first-order chi connectivity index (χ1) is 14.0. The summed E-state index contributed by atoms with van der Waals surface area (Å²) in [6, 6.07) is 16.8. The normalized spacial score (nSPS) is 11.7. The standard InChI is InChI=1S/C24H31ClN2O2/c1-3-4-8-17-26-24(29)19(2)27(18-21-11-14-22(25)15-12-21)23(28)16-13-20-9-6-5-7-10-20/h5-7,9-12,14-15,19H,3-4,8,13,16-18H2,1-2H3,(H,26,29)/t19-/m0/s1. The number of amides is 2. The van der Waals surface area contributed by atoms with Crippen molar-refractivity contribution in [3.63, 3.8) is 0 Å². The van der Waals surface area contributed by atoms with Crippen molar-refractivity contribution < 1.29 is 9.59 Å². The molecule has 1 atom stereocenters. The third-order valence-electron chi connectivity index (χ3n) is 4.98. The Hall–Kier alpha value is -2.33. The Balaban J connectivity index is 2.05. The molecule has 156 valence electrons. The van der Waals surface area contributed by atoms with E-state index in [1.54, 1.807) is 24.0 Å². The van der Waals surface area contributed by atoms with Gasteiger partial charge in [0.25, 0.3) is 0 Å². The molecule has 0 saturated carbocycles. The Labute approximate surface area is 179 Å². The third-order valence-corrected chi connectivity index (χ3v) is 5.24. The van der Waals surface area contributed by atoms with Crippen LogP contribution in [0.15, 0.2) is 54.6 Å². The van der Waals surface area contributed by atoms with Crippen LogP contribution >= 0.6 is 11.6 Å². The van der Waals surface area contributed by atoms with Gasteiger partial charge in [0, 0.05) is 24.5 Å². The van der Waals surface area contributed by atoms with Crippen LogP contribution in [0.3, 0.4) is 0 Å². The van der Waals surface area contributed by atoms with Crippen LogP contribution in [0.25, 0.3) is 0 Å². The van der Waals surface area contributed by atoms with Gasteiger partial charge in [-0.3, -0.25) is 9.59 Å². The van der Waals surface area contributed by atoms with Crippen LogP contribution in [0.4, 0.5) is 0 Å². The van der Waals surface area contributed by atoms with E-state index in [1.165, 1.54) is 0 Å². The molecule has 2 amide bonds. The summed E-state index contributed by atoms with van der Waals surface area (Å²) in [5, 5.41) is 3.62. The highest BCUT2D eigenvalue weighted by Gasteiger charge is 2.25. The summed E-state index contributed by atoms with van der Waals surface area (Å²) in [7, 11) is 0. The quantitative estimate of drug-likeness (QED) is 0.526. The maximum absolute atomic E-state index is 13.0. The molecular weight excluding hydrogens is 384 g/mol. The van der Waals surface area contributed by atoms with E-state index >= 15 is 0 Å². The van der Waals surface area contributed by atoms with Crippen molar-refractivity contribution in [2.45, 2.75) is 58.5 Å². The summed E-state index contributed by atoms with van der Waals surface area (Å²) in [6.45, 7) is 4.95. The molecule has 0 radical (unpaired) electrons. The summed E-state index contributed by atoms with van der Waals surface area (Å²) in [6.07, 6.45) is 4.16. The summed E-state index contributed by atoms with van der Waals surface area (Å²) >= 11 is 5.98. The monoisotopic (exact) mass is 414 g/mol. The largest absolute Gasteiger partial charge is 0.354 e. The SMILES string of the molecule is CCCCCNC(=O)[C@H](C)N(Cc1ccc(Cl)cc1)C(=O)CCc1ccccc1. The molecule has 0 heterocycles. The number of hydrogen-bond acceptors (Lipinski definition) is 2. The highest BCUT2D eigenvalue weighted by atomic mass is 35.5. The molecule has 0 saturated heterocycles. The number of benzene rings is 2. The van der Waals surface area contributed by atoms with Gasteiger partial charge in [0.15, 0.2) is 0 Å². The smallest absolute Gasteiger partial charge is 0.242 e. The molecule has 0 fully saturated rings. The molecule has 0 aromatic heterocycles. The number of nitrogens with zero attached hydrogens (tertiary/aromatic N) is 1. The number of halogens is 1. The number of carbonyl (C=O) groups excluding carboxylic acids is 2. The molecule has 4 nitrogen and oxygen atoms in total. The minimum absolute atomic E-state index is 0.0278. The van der Waals surface area contributed by atoms with Gasteiger partial charge in [0.1, 0.15) is 6.04 Å². The van der Waals surface area contributed by atoms with Gasteiger partial charge < -0.3 is 10.2 Å². The predicted octanol–water partition coefficient (Wildman–Crippen LogP) is 5.00. The van der Waals surface area contributed by atoms with Crippen molar-refractivity contribution in [1.29, 1.82) is 0 Å². The van der Waals surface area contributed by atoms with Crippen molar-refractivity contribution >= 4 is 23.4 Å². The molecule has 0 aliphatic carbocycles. The Morgan fingerprint density at radius 2 is 1.69 bits per heavy atom. The Morgan fingerprint density at radius 1 is 1.00 bits per heavy atom. The van der Waals surface area contributed by atoms with Crippen molar-refractivity contribution in [3.8, 4) is 0 Å². The van der Waals surface area contributed by atoms with Gasteiger partial charge in [-0.2, -0.15) is 0 Å². The molecule has 0 bridgehead atoms. The van der Waals surface area contributed by atoms with Crippen LogP contribution in [-0.4, -0.2) is 29.3 Å². The molecule has 0 aliphatic rings. The second-order valence-corrected chi connectivity index (χ2v) is 7.74. The fourth-order valence-electron chi connectivity index (χ4n) is 3.14. The minimum Gasteiger partial charge on any atom is -0.354 e. The van der Waals surface area contributed by atoms with E-state index in [-0.39, 0.29) is 11.8 Å². The lowest BCUT2D eigenvalue weighted by atomic mass is 10.1. The van der Waals surface area contributed by atoms with E-state index < -0.39 is 6.04 Å². The zero-order valence-corrected chi connectivity index (χ0v) is 18.1. The highest BCUT2D eigenvalue weighted by molar-refractivity contribution is 6.30. The zero-order valence-electron chi connectivity index (χ0n) is 17.4. The van der Waals surface area contributed by atoms with Crippen LogP contribution in [0, 0.1) is 0 Å². The predicted molar refractivity (Wildman–Crippen MR) is 119 cm³/mol. The topological polar surface area (TPSA) is 49.4 Å². The number of nitrogens with one attached hydrogen (secondary N) is 1. The Bertz CT molecular complexity index is 762. The molecule has 2 aromatic carbocycles. The second kappa shape index (κ2) is 12.3. The van der Waals surface area contributed by atoms with Crippen LogP contribution in [0.5, 0.6) is 0 Å². The van der Waals surface area contributed by atoms with Crippen molar-refractivity contribution in [3.05, 3.63) is 70.7 Å². The van der Waals surface area contributed by atoms with Gasteiger partial charge in [-0.25, -0.2) is 0 Å². The molecule has 0 aliphatic heterocycles. The molecule has 2 rings (SSSR count). The third kappa shape index (κ3) is 7.90. The molecule has 5 heteroatoms. The summed E-state index contributed by atoms with van der Waals surface area (Å²) in [5.74, 6) is -0.136. The van der Waals surface area contributed by atoms with Gasteiger partial charge in [-0.05, 0) is 43.0 Å². The lowest BCUT2D eigenvalue weighted by Gasteiger charge is -2.29. The van der Waals surface area contributed by atoms with E-state index in [0.29, 0.717) is 31.0 Å². The summed E-state index contributed by atoms with van der Waals surface area (Å²) < 4.78 is 0. The first-order valence-corrected chi connectivity index (χ1v) is 10.7. The molecule has 0 spiro atoms. The highest BCUT2D eigenvalue weighted by Crippen LogP contribution is 2.15. The van der Waals surface area contributed by atoms with E-state index in [2.05, 4.69) is 12.2 Å². The maximum Gasteiger partial charge on any atom is 0.242 e. The summed E-state index contributed by atoms with van der Waals surface area (Å²) in [4.78, 5) is 27.3. The summed E-state index contributed by atoms with van der Waals surface area (Å²) in [5.41, 5.74) is 2.07. The zero-order chi connectivity index (χ0) is 21.1. The van der Waals surface area contributed by atoms with Gasteiger partial charge >= 0.3 is 0 Å².